The predicted molar refractivity (Wildman–Crippen MR) is 126 cm³/mol. The van der Waals surface area contributed by atoms with Gasteiger partial charge in [-0.25, -0.2) is 4.98 Å². The van der Waals surface area contributed by atoms with Crippen LogP contribution in [0.4, 0.5) is 5.82 Å². The lowest BCUT2D eigenvalue weighted by atomic mass is 9.78. The fraction of sp³-hybridized carbons (Fsp3) is 0.680. The Bertz CT molecular complexity index is 899. The van der Waals surface area contributed by atoms with Crippen molar-refractivity contribution < 1.29 is 0 Å². The fourth-order valence-electron chi connectivity index (χ4n) is 6.12. The summed E-state index contributed by atoms with van der Waals surface area (Å²) in [6.07, 6.45) is 10.3. The van der Waals surface area contributed by atoms with Crippen LogP contribution >= 0.6 is 0 Å². The minimum Gasteiger partial charge on any atom is -0.354 e. The summed E-state index contributed by atoms with van der Waals surface area (Å²) in [7, 11) is 2.26. The van der Waals surface area contributed by atoms with E-state index in [2.05, 4.69) is 64.6 Å². The summed E-state index contributed by atoms with van der Waals surface area (Å²) in [5.41, 5.74) is 3.22. The van der Waals surface area contributed by atoms with Gasteiger partial charge in [0.25, 0.3) is 0 Å². The zero-order chi connectivity index (χ0) is 21.6. The van der Waals surface area contributed by atoms with Gasteiger partial charge in [-0.3, -0.25) is 9.58 Å². The van der Waals surface area contributed by atoms with E-state index in [1.807, 2.05) is 18.5 Å². The number of piperazine rings is 1. The van der Waals surface area contributed by atoms with E-state index in [1.165, 1.54) is 43.5 Å². The number of hydrogen-bond donors (Lipinski definition) is 0. The summed E-state index contributed by atoms with van der Waals surface area (Å²) in [5, 5.41) is 4.62. The van der Waals surface area contributed by atoms with E-state index in [0.717, 1.165) is 44.6 Å². The van der Waals surface area contributed by atoms with Crippen LogP contribution in [0, 0.1) is 10.8 Å². The van der Waals surface area contributed by atoms with Crippen molar-refractivity contribution in [1.82, 2.24) is 24.6 Å². The Balaban J connectivity index is 1.24. The third-order valence-electron chi connectivity index (χ3n) is 7.38. The number of aromatic nitrogens is 3. The molecular weight excluding hydrogens is 384 g/mol. The van der Waals surface area contributed by atoms with Crippen molar-refractivity contribution in [2.75, 3.05) is 51.2 Å². The Hall–Kier alpha value is -1.92. The molecule has 2 saturated heterocycles. The highest BCUT2D eigenvalue weighted by Gasteiger charge is 2.48. The van der Waals surface area contributed by atoms with Gasteiger partial charge in [0.15, 0.2) is 0 Å². The normalized spacial score (nSPS) is 24.6. The van der Waals surface area contributed by atoms with E-state index in [4.69, 9.17) is 4.98 Å². The first-order chi connectivity index (χ1) is 14.8. The molecule has 1 saturated carbocycles. The van der Waals surface area contributed by atoms with Gasteiger partial charge in [-0.05, 0) is 49.3 Å². The molecule has 168 valence electrons. The molecule has 5 rings (SSSR count). The van der Waals surface area contributed by atoms with E-state index in [-0.39, 0.29) is 5.41 Å². The molecule has 2 aliphatic heterocycles. The summed E-state index contributed by atoms with van der Waals surface area (Å²) in [6.45, 7) is 14.7. The molecule has 1 unspecified atom stereocenters. The van der Waals surface area contributed by atoms with Crippen molar-refractivity contribution in [3.8, 4) is 11.1 Å². The average molecular weight is 423 g/mol. The van der Waals surface area contributed by atoms with Crippen molar-refractivity contribution in [1.29, 1.82) is 0 Å². The standard InChI is InChI=1S/C25H38N6/c1-24(2,3)17-31-16-20(15-27-31)22-6-5-9-26-23(22)30-12-10-29(11-13-30)21-7-8-25(14-21)18-28(4)19-25/h5-6,9,15-16,21H,7-8,10-14,17-19H2,1-4H3. The van der Waals surface area contributed by atoms with Gasteiger partial charge < -0.3 is 9.80 Å². The number of anilines is 1. The first kappa shape index (κ1) is 21.0. The van der Waals surface area contributed by atoms with E-state index < -0.39 is 0 Å². The van der Waals surface area contributed by atoms with Gasteiger partial charge in [0.2, 0.25) is 0 Å². The molecule has 31 heavy (non-hydrogen) atoms. The van der Waals surface area contributed by atoms with E-state index >= 15 is 0 Å². The van der Waals surface area contributed by atoms with Gasteiger partial charge in [0.05, 0.1) is 6.20 Å². The van der Waals surface area contributed by atoms with Gasteiger partial charge in [-0.2, -0.15) is 5.10 Å². The van der Waals surface area contributed by atoms with Gasteiger partial charge in [-0.15, -0.1) is 0 Å². The molecule has 4 heterocycles. The van der Waals surface area contributed by atoms with Gasteiger partial charge in [0, 0.05) is 75.4 Å². The van der Waals surface area contributed by atoms with Crippen LogP contribution in [0.2, 0.25) is 0 Å². The second-order valence-electron chi connectivity index (χ2n) is 11.5. The van der Waals surface area contributed by atoms with E-state index in [0.29, 0.717) is 5.41 Å². The molecule has 0 amide bonds. The summed E-state index contributed by atoms with van der Waals surface area (Å²) in [5.74, 6) is 1.11. The minimum absolute atomic E-state index is 0.213. The van der Waals surface area contributed by atoms with Crippen molar-refractivity contribution in [3.63, 3.8) is 0 Å². The molecule has 0 radical (unpaired) electrons. The molecule has 2 aromatic rings. The van der Waals surface area contributed by atoms with Gasteiger partial charge >= 0.3 is 0 Å². The highest BCUT2D eigenvalue weighted by Crippen LogP contribution is 2.46. The molecule has 2 aromatic heterocycles. The quantitative estimate of drug-likeness (QED) is 0.753. The summed E-state index contributed by atoms with van der Waals surface area (Å²) in [6, 6.07) is 5.03. The monoisotopic (exact) mass is 422 g/mol. The lowest BCUT2D eigenvalue weighted by molar-refractivity contribution is 0.0204. The lowest BCUT2D eigenvalue weighted by Gasteiger charge is -2.47. The Morgan fingerprint density at radius 3 is 2.61 bits per heavy atom. The number of likely N-dealkylation sites (tertiary alicyclic amines) is 1. The van der Waals surface area contributed by atoms with Crippen molar-refractivity contribution in [2.24, 2.45) is 10.8 Å². The first-order valence-electron chi connectivity index (χ1n) is 12.0. The molecule has 6 nitrogen and oxygen atoms in total. The lowest BCUT2D eigenvalue weighted by Crippen LogP contribution is -2.54. The second-order valence-corrected chi connectivity index (χ2v) is 11.5. The van der Waals surface area contributed by atoms with Crippen LogP contribution in [0.25, 0.3) is 11.1 Å². The van der Waals surface area contributed by atoms with Crippen LogP contribution in [-0.4, -0.2) is 76.9 Å². The van der Waals surface area contributed by atoms with Crippen molar-refractivity contribution in [3.05, 3.63) is 30.7 Å². The van der Waals surface area contributed by atoms with Crippen molar-refractivity contribution >= 4 is 5.82 Å². The molecule has 1 atom stereocenters. The summed E-state index contributed by atoms with van der Waals surface area (Å²) < 4.78 is 2.07. The first-order valence-corrected chi connectivity index (χ1v) is 12.0. The maximum atomic E-state index is 4.80. The second kappa shape index (κ2) is 7.89. The Morgan fingerprint density at radius 1 is 1.13 bits per heavy atom. The zero-order valence-corrected chi connectivity index (χ0v) is 19.7. The molecular formula is C25H38N6. The highest BCUT2D eigenvalue weighted by molar-refractivity contribution is 5.75. The van der Waals surface area contributed by atoms with Crippen LogP contribution in [0.5, 0.6) is 0 Å². The average Bonchev–Trinajstić information content (AvgIpc) is 3.34. The maximum absolute atomic E-state index is 4.80. The molecule has 6 heteroatoms. The van der Waals surface area contributed by atoms with Gasteiger partial charge in [-0.1, -0.05) is 20.8 Å². The molecule has 0 aromatic carbocycles. The number of rotatable bonds is 4. The third kappa shape index (κ3) is 4.37. The maximum Gasteiger partial charge on any atom is 0.136 e. The van der Waals surface area contributed by atoms with Gasteiger partial charge in [0.1, 0.15) is 5.82 Å². The Kier molecular flexibility index (Phi) is 5.33. The fourth-order valence-corrected chi connectivity index (χ4v) is 6.12. The topological polar surface area (TPSA) is 40.4 Å². The number of pyridine rings is 1. The molecule has 0 N–H and O–H groups in total. The highest BCUT2D eigenvalue weighted by atomic mass is 15.3. The third-order valence-corrected chi connectivity index (χ3v) is 7.38. The summed E-state index contributed by atoms with van der Waals surface area (Å²) in [4.78, 5) is 12.5. The zero-order valence-electron chi connectivity index (χ0n) is 19.7. The molecule has 0 bridgehead atoms. The SMILES string of the molecule is CN1CC2(CCC(N3CCN(c4ncccc4-c4cnn(CC(C)(C)C)c4)CC3)C2)C1. The minimum atomic E-state index is 0.213. The largest absolute Gasteiger partial charge is 0.354 e. The van der Waals surface area contributed by atoms with Crippen LogP contribution in [0.1, 0.15) is 40.0 Å². The van der Waals surface area contributed by atoms with Crippen molar-refractivity contribution in [2.45, 2.75) is 52.6 Å². The number of hydrogen-bond acceptors (Lipinski definition) is 5. The van der Waals surface area contributed by atoms with Crippen LogP contribution in [0.3, 0.4) is 0 Å². The summed E-state index contributed by atoms with van der Waals surface area (Å²) >= 11 is 0. The molecule has 3 fully saturated rings. The molecule has 1 aliphatic carbocycles. The Morgan fingerprint density at radius 2 is 1.90 bits per heavy atom. The number of nitrogens with zero attached hydrogens (tertiary/aromatic N) is 6. The molecule has 3 aliphatic rings. The molecule has 1 spiro atoms. The predicted octanol–water partition coefficient (Wildman–Crippen LogP) is 3.60. The van der Waals surface area contributed by atoms with E-state index in [1.54, 1.807) is 0 Å². The Labute approximate surface area is 187 Å². The smallest absolute Gasteiger partial charge is 0.136 e. The van der Waals surface area contributed by atoms with Crippen LogP contribution in [-0.2, 0) is 6.54 Å². The van der Waals surface area contributed by atoms with Crippen LogP contribution in [0.15, 0.2) is 30.7 Å². The van der Waals surface area contributed by atoms with Crippen LogP contribution < -0.4 is 4.90 Å². The van der Waals surface area contributed by atoms with E-state index in [9.17, 15) is 0 Å².